The number of halogens is 3. The molecule has 2 aromatic rings. The molecule has 110 valence electrons. The molecule has 0 atom stereocenters. The van der Waals surface area contributed by atoms with Gasteiger partial charge >= 0.3 is 0 Å². The fourth-order valence-corrected chi connectivity index (χ4v) is 2.44. The van der Waals surface area contributed by atoms with Gasteiger partial charge in [-0.25, -0.2) is 4.39 Å². The molecule has 0 bridgehead atoms. The number of hydrogen-bond donors (Lipinski definition) is 1. The van der Waals surface area contributed by atoms with E-state index in [1.165, 1.54) is 12.1 Å². The lowest BCUT2D eigenvalue weighted by atomic mass is 9.94. The van der Waals surface area contributed by atoms with Crippen molar-refractivity contribution in [3.05, 3.63) is 68.4 Å². The summed E-state index contributed by atoms with van der Waals surface area (Å²) < 4.78 is 14.8. The van der Waals surface area contributed by atoms with Gasteiger partial charge in [0.15, 0.2) is 0 Å². The highest BCUT2D eigenvalue weighted by Crippen LogP contribution is 2.23. The van der Waals surface area contributed by atoms with Crippen LogP contribution >= 0.6 is 31.9 Å². The molecule has 21 heavy (non-hydrogen) atoms. The normalized spacial score (nSPS) is 11.3. The second-order valence-electron chi connectivity index (χ2n) is 5.21. The zero-order valence-corrected chi connectivity index (χ0v) is 14.8. The second kappa shape index (κ2) is 6.28. The van der Waals surface area contributed by atoms with Crippen molar-refractivity contribution in [3.8, 4) is 0 Å². The van der Waals surface area contributed by atoms with E-state index in [1.54, 1.807) is 6.07 Å². The van der Waals surface area contributed by atoms with Gasteiger partial charge in [-0.1, -0.05) is 28.1 Å². The van der Waals surface area contributed by atoms with Gasteiger partial charge in [0.1, 0.15) is 5.82 Å². The van der Waals surface area contributed by atoms with Gasteiger partial charge in [0.2, 0.25) is 0 Å². The van der Waals surface area contributed by atoms with Crippen LogP contribution in [0.25, 0.3) is 0 Å². The van der Waals surface area contributed by atoms with Crippen LogP contribution in [0.3, 0.4) is 0 Å². The van der Waals surface area contributed by atoms with Crippen molar-refractivity contribution in [1.29, 1.82) is 0 Å². The number of carbonyl (C=O) groups is 1. The van der Waals surface area contributed by atoms with Gasteiger partial charge in [0, 0.05) is 10.0 Å². The monoisotopic (exact) mass is 413 g/mol. The summed E-state index contributed by atoms with van der Waals surface area (Å²) in [6, 6.07) is 12.0. The number of carbonyl (C=O) groups excluding carboxylic acids is 1. The number of nitrogens with one attached hydrogen (secondary N) is 1. The first-order valence-corrected chi connectivity index (χ1v) is 7.92. The summed E-state index contributed by atoms with van der Waals surface area (Å²) in [7, 11) is 0. The van der Waals surface area contributed by atoms with E-state index in [1.807, 2.05) is 38.1 Å². The van der Waals surface area contributed by atoms with Gasteiger partial charge in [0.05, 0.1) is 10.0 Å². The molecule has 1 amide bonds. The van der Waals surface area contributed by atoms with Crippen LogP contribution < -0.4 is 5.32 Å². The smallest absolute Gasteiger partial charge is 0.252 e. The maximum atomic E-state index is 13.5. The fourth-order valence-electron chi connectivity index (χ4n) is 1.93. The first-order valence-electron chi connectivity index (χ1n) is 6.33. The Morgan fingerprint density at radius 3 is 2.29 bits per heavy atom. The largest absolute Gasteiger partial charge is 0.343 e. The van der Waals surface area contributed by atoms with E-state index >= 15 is 0 Å². The minimum Gasteiger partial charge on any atom is -0.343 e. The van der Waals surface area contributed by atoms with Crippen LogP contribution in [0.4, 0.5) is 4.39 Å². The van der Waals surface area contributed by atoms with Crippen molar-refractivity contribution in [1.82, 2.24) is 5.32 Å². The van der Waals surface area contributed by atoms with Crippen LogP contribution in [-0.2, 0) is 5.54 Å². The molecule has 1 N–H and O–H groups in total. The van der Waals surface area contributed by atoms with Crippen LogP contribution in [0.5, 0.6) is 0 Å². The highest BCUT2D eigenvalue weighted by Gasteiger charge is 2.23. The van der Waals surface area contributed by atoms with E-state index in [4.69, 9.17) is 0 Å². The molecule has 0 aliphatic rings. The lowest BCUT2D eigenvalue weighted by Crippen LogP contribution is -2.41. The zero-order valence-electron chi connectivity index (χ0n) is 11.6. The van der Waals surface area contributed by atoms with Crippen LogP contribution in [0, 0.1) is 5.82 Å². The Bertz CT molecular complexity index is 668. The molecule has 2 aromatic carbocycles. The maximum absolute atomic E-state index is 13.5. The summed E-state index contributed by atoms with van der Waals surface area (Å²) in [6.45, 7) is 3.81. The molecular formula is C16H14Br2FNO. The molecule has 0 aliphatic carbocycles. The Balaban J connectivity index is 2.21. The molecule has 2 nitrogen and oxygen atoms in total. The van der Waals surface area contributed by atoms with E-state index in [2.05, 4.69) is 37.2 Å². The molecule has 0 saturated heterocycles. The lowest BCUT2D eigenvalue weighted by molar-refractivity contribution is 0.0911. The van der Waals surface area contributed by atoms with Crippen molar-refractivity contribution in [2.24, 2.45) is 0 Å². The Morgan fingerprint density at radius 1 is 1.10 bits per heavy atom. The Morgan fingerprint density at radius 2 is 1.71 bits per heavy atom. The molecule has 0 aromatic heterocycles. The molecule has 0 aliphatic heterocycles. The van der Waals surface area contributed by atoms with Gasteiger partial charge in [-0.3, -0.25) is 4.79 Å². The van der Waals surface area contributed by atoms with E-state index in [-0.39, 0.29) is 5.91 Å². The average Bonchev–Trinajstić information content (AvgIpc) is 2.41. The van der Waals surface area contributed by atoms with E-state index in [0.717, 1.165) is 10.0 Å². The van der Waals surface area contributed by atoms with Crippen molar-refractivity contribution in [2.45, 2.75) is 19.4 Å². The van der Waals surface area contributed by atoms with E-state index in [0.29, 0.717) is 10.0 Å². The third-order valence-electron chi connectivity index (χ3n) is 3.17. The Kier molecular flexibility index (Phi) is 4.84. The summed E-state index contributed by atoms with van der Waals surface area (Å²) in [5.41, 5.74) is 0.707. The quantitative estimate of drug-likeness (QED) is 0.750. The molecule has 5 heteroatoms. The average molecular weight is 415 g/mol. The standard InChI is InChI=1S/C16H14Br2FNO/c1-16(2,11-4-6-12(17)7-5-11)20-15(21)10-3-8-13(18)14(19)9-10/h3-9H,1-2H3,(H,20,21). The van der Waals surface area contributed by atoms with Crippen molar-refractivity contribution >= 4 is 37.8 Å². The van der Waals surface area contributed by atoms with E-state index in [9.17, 15) is 9.18 Å². The molecule has 0 heterocycles. The summed E-state index contributed by atoms with van der Waals surface area (Å²) in [6.07, 6.45) is 0. The molecule has 0 unspecified atom stereocenters. The third-order valence-corrected chi connectivity index (χ3v) is 4.35. The number of rotatable bonds is 3. The summed E-state index contributed by atoms with van der Waals surface area (Å²) >= 11 is 6.45. The highest BCUT2D eigenvalue weighted by molar-refractivity contribution is 9.10. The van der Waals surface area contributed by atoms with Crippen LogP contribution in [0.15, 0.2) is 51.4 Å². The Labute approximate surface area is 140 Å². The van der Waals surface area contributed by atoms with Crippen LogP contribution in [0.1, 0.15) is 29.8 Å². The molecule has 0 spiro atoms. The number of hydrogen-bond acceptors (Lipinski definition) is 1. The first kappa shape index (κ1) is 16.2. The number of benzene rings is 2. The van der Waals surface area contributed by atoms with Crippen LogP contribution in [0.2, 0.25) is 0 Å². The predicted molar refractivity (Wildman–Crippen MR) is 88.7 cm³/mol. The minimum atomic E-state index is -0.554. The van der Waals surface area contributed by atoms with Crippen LogP contribution in [-0.4, -0.2) is 5.91 Å². The maximum Gasteiger partial charge on any atom is 0.252 e. The van der Waals surface area contributed by atoms with Crippen molar-refractivity contribution < 1.29 is 9.18 Å². The van der Waals surface area contributed by atoms with Gasteiger partial charge in [-0.05, 0) is 65.7 Å². The van der Waals surface area contributed by atoms with E-state index < -0.39 is 11.4 Å². The SMILES string of the molecule is CC(C)(NC(=O)c1ccc(Br)c(F)c1)c1ccc(Br)cc1. The summed E-state index contributed by atoms with van der Waals surface area (Å²) in [4.78, 5) is 12.3. The second-order valence-corrected chi connectivity index (χ2v) is 6.98. The third kappa shape index (κ3) is 3.92. The van der Waals surface area contributed by atoms with Gasteiger partial charge < -0.3 is 5.32 Å². The lowest BCUT2D eigenvalue weighted by Gasteiger charge is -2.27. The first-order chi connectivity index (χ1) is 9.79. The summed E-state index contributed by atoms with van der Waals surface area (Å²) in [5, 5.41) is 2.92. The molecule has 0 radical (unpaired) electrons. The Hall–Kier alpha value is -1.20. The van der Waals surface area contributed by atoms with Crippen molar-refractivity contribution in [3.63, 3.8) is 0 Å². The molecule has 0 saturated carbocycles. The van der Waals surface area contributed by atoms with Gasteiger partial charge in [-0.15, -0.1) is 0 Å². The topological polar surface area (TPSA) is 29.1 Å². The predicted octanol–water partition coefficient (Wildman–Crippen LogP) is 5.02. The van der Waals surface area contributed by atoms with Gasteiger partial charge in [0.25, 0.3) is 5.91 Å². The fraction of sp³-hybridized carbons (Fsp3) is 0.188. The molecule has 2 rings (SSSR count). The minimum absolute atomic E-state index is 0.292. The molecular weight excluding hydrogens is 401 g/mol. The highest BCUT2D eigenvalue weighted by atomic mass is 79.9. The molecule has 0 fully saturated rings. The van der Waals surface area contributed by atoms with Gasteiger partial charge in [-0.2, -0.15) is 0 Å². The summed E-state index contributed by atoms with van der Waals surface area (Å²) in [5.74, 6) is -0.765. The van der Waals surface area contributed by atoms with Crippen molar-refractivity contribution in [2.75, 3.05) is 0 Å². The number of amides is 1. The zero-order chi connectivity index (χ0) is 15.6.